The van der Waals surface area contributed by atoms with Crippen LogP contribution in [0, 0.1) is 93.3 Å². The van der Waals surface area contributed by atoms with Crippen molar-refractivity contribution >= 4 is 50.6 Å². The second kappa shape index (κ2) is 44.7. The number of ether oxygens (including phenoxy) is 5. The Kier molecular flexibility index (Phi) is 34.6. The van der Waals surface area contributed by atoms with E-state index in [4.69, 9.17) is 14.2 Å². The van der Waals surface area contributed by atoms with Crippen LogP contribution in [0.1, 0.15) is 195 Å². The summed E-state index contributed by atoms with van der Waals surface area (Å²) in [5.74, 6) is -16.4. The molecule has 0 radical (unpaired) electrons. The number of aryl methyl sites for hydroxylation is 6. The maximum atomic E-state index is 13.2. The van der Waals surface area contributed by atoms with Gasteiger partial charge in [0.1, 0.15) is 6.61 Å². The standard InChI is InChI=1S/2C21H21S.C18H26F4O4.C18H15S.2C17H24F4O4/c2*1-16-4-10-19(11-5-16)22(20-12-6-17(2)7-13-20)21-14-8-18(3)9-15-21;1-15(19,20)18(21,22)3-2-13(23)9-26-14(24)16-5-11-4-12(6-16)8-17(25,7-11)10-16;1-4-10-16(11-5-1)19(17-12-6-2-7-13-17)18-14-8-3-9-15-18;2*1-14(18,19)17(20,21)25-4-2-3-24-13(22)15-6-11-5-12(7-15)9-16(23,8-11)10-15/h2*4-15H,1-3H3;11-13,23,25H,2-10H2,1H3;1-15H;2*11-12,23H,2-10H2,1H3/q2*+1;;+1;;. The molecule has 0 spiro atoms. The van der Waals surface area contributed by atoms with Gasteiger partial charge in [0.2, 0.25) is 0 Å². The SMILES string of the molecule is CC(F)(F)C(F)(F)CCC(O)COC(=O)C12CC3CC(CC(O)(C3)C1)C2.CC(F)(F)C(F)(F)OCCCOC(=O)C12CC3CC(CC(O)(C3)C1)C2.CC(F)(F)C(F)(F)OCCCOC(=O)C12CC3CC(CC(O)(C3)C1)C2.Cc1ccc([S+](c2ccc(C)cc2)c2ccc(C)cc2)cc1.Cc1ccc([S+](c2ccc(C)cc2)c2ccc(C)cc2)cc1.c1ccc([S+](c2ccccc2)c2ccccc2)cc1. The molecule has 750 valence electrons. The fourth-order valence-corrected chi connectivity index (χ4v) is 28.9. The van der Waals surface area contributed by atoms with Crippen molar-refractivity contribution in [3.05, 3.63) is 270 Å². The Hall–Kier alpha value is -8.64. The van der Waals surface area contributed by atoms with Crippen molar-refractivity contribution in [2.45, 2.75) is 306 Å². The summed E-state index contributed by atoms with van der Waals surface area (Å²) in [7, 11) is -0.0935. The molecule has 21 rings (SSSR count). The van der Waals surface area contributed by atoms with Crippen LogP contribution in [0.4, 0.5) is 52.7 Å². The van der Waals surface area contributed by atoms with Gasteiger partial charge in [-0.25, -0.2) is 8.78 Å². The van der Waals surface area contributed by atoms with Crippen LogP contribution in [-0.4, -0.2) is 130 Å². The number of esters is 3. The Morgan fingerprint density at radius 1 is 0.317 bits per heavy atom. The monoisotopic (exact) mass is 1990 g/mol. The maximum absolute atomic E-state index is 13.2. The number of benzene rings is 9. The number of rotatable bonds is 30. The van der Waals surface area contributed by atoms with E-state index >= 15 is 0 Å². The van der Waals surface area contributed by atoms with Gasteiger partial charge < -0.3 is 44.1 Å². The lowest BCUT2D eigenvalue weighted by Crippen LogP contribution is -2.58. The molecule has 0 aromatic heterocycles. The molecule has 12 nitrogen and oxygen atoms in total. The molecule has 12 saturated carbocycles. The zero-order chi connectivity index (χ0) is 100. The highest BCUT2D eigenvalue weighted by molar-refractivity contribution is 7.97. The minimum atomic E-state index is -4.54. The van der Waals surface area contributed by atoms with E-state index in [1.165, 1.54) is 77.4 Å². The fraction of sp³-hybridized carbons (Fsp3) is 0.491. The van der Waals surface area contributed by atoms with E-state index in [0.717, 1.165) is 44.9 Å². The Bertz CT molecular complexity index is 4900. The number of halogens is 12. The maximum Gasteiger partial charge on any atom is 0.419 e. The van der Waals surface area contributed by atoms with Crippen LogP contribution in [0.25, 0.3) is 0 Å². The van der Waals surface area contributed by atoms with Gasteiger partial charge in [-0.3, -0.25) is 14.4 Å². The second-order valence-corrected chi connectivity index (χ2v) is 47.1. The zero-order valence-electron chi connectivity index (χ0n) is 80.5. The van der Waals surface area contributed by atoms with Gasteiger partial charge in [-0.05, 0) is 308 Å². The van der Waals surface area contributed by atoms with Crippen molar-refractivity contribution in [2.24, 2.45) is 51.8 Å². The summed E-state index contributed by atoms with van der Waals surface area (Å²) in [5, 5.41) is 41.6. The normalized spacial score (nSPS) is 25.4. The van der Waals surface area contributed by atoms with Crippen LogP contribution in [0.3, 0.4) is 0 Å². The van der Waals surface area contributed by atoms with Crippen molar-refractivity contribution in [3.63, 3.8) is 0 Å². The van der Waals surface area contributed by atoms with Gasteiger partial charge in [-0.2, -0.15) is 43.9 Å². The number of aliphatic hydroxyl groups excluding tert-OH is 1. The van der Waals surface area contributed by atoms with Crippen molar-refractivity contribution in [1.82, 2.24) is 0 Å². The molecule has 0 heterocycles. The fourth-order valence-electron chi connectivity index (χ4n) is 22.7. The molecule has 9 aromatic rings. The van der Waals surface area contributed by atoms with Gasteiger partial charge in [-0.15, -0.1) is 0 Å². The first-order chi connectivity index (χ1) is 65.5. The first kappa shape index (κ1) is 108. The van der Waals surface area contributed by atoms with E-state index in [1.807, 2.05) is 0 Å². The number of aliphatic hydroxyl groups is 4. The van der Waals surface area contributed by atoms with Gasteiger partial charge in [0.25, 0.3) is 0 Å². The quantitative estimate of drug-likeness (QED) is 0.0110. The zero-order valence-corrected chi connectivity index (χ0v) is 82.9. The van der Waals surface area contributed by atoms with Crippen LogP contribution >= 0.6 is 0 Å². The molecule has 0 amide bonds. The van der Waals surface area contributed by atoms with Crippen LogP contribution < -0.4 is 0 Å². The lowest BCUT2D eigenvalue weighted by Gasteiger charge is -2.58. The highest BCUT2D eigenvalue weighted by atomic mass is 32.2. The van der Waals surface area contributed by atoms with E-state index in [9.17, 15) is 87.5 Å². The molecule has 139 heavy (non-hydrogen) atoms. The summed E-state index contributed by atoms with van der Waals surface area (Å²) in [6.07, 6.45) is 0.0778. The Morgan fingerprint density at radius 2 is 0.532 bits per heavy atom. The first-order valence-corrected chi connectivity index (χ1v) is 51.8. The molecule has 4 N–H and O–H groups in total. The number of carbonyl (C=O) groups is 3. The smallest absolute Gasteiger partial charge is 0.419 e. The van der Waals surface area contributed by atoms with Crippen molar-refractivity contribution < 1.29 is 111 Å². The first-order valence-electron chi connectivity index (χ1n) is 48.2. The third-order valence-corrected chi connectivity index (χ3v) is 35.0. The largest absolute Gasteiger partial charge is 0.465 e. The minimum Gasteiger partial charge on any atom is -0.465 e. The third kappa shape index (κ3) is 27.7. The van der Waals surface area contributed by atoms with E-state index < -0.39 is 126 Å². The molecule has 9 aromatic carbocycles. The number of carbonyl (C=O) groups excluding carboxylic acids is 3. The molecule has 12 aliphatic carbocycles. The highest BCUT2D eigenvalue weighted by Gasteiger charge is 2.65. The molecule has 0 aliphatic heterocycles. The summed E-state index contributed by atoms with van der Waals surface area (Å²) in [4.78, 5) is 49.9. The van der Waals surface area contributed by atoms with Gasteiger partial charge in [-0.1, -0.05) is 161 Å². The van der Waals surface area contributed by atoms with Crippen molar-refractivity contribution in [2.75, 3.05) is 33.0 Å². The molecular weight excluding hydrogens is 1860 g/mol. The number of hydrogen-bond acceptors (Lipinski definition) is 12. The lowest BCUT2D eigenvalue weighted by atomic mass is 9.48. The molecule has 7 atom stereocenters. The van der Waals surface area contributed by atoms with Gasteiger partial charge in [0.05, 0.1) is 98.3 Å². The second-order valence-electron chi connectivity index (χ2n) is 41.0. The number of alkyl halides is 12. The molecule has 12 aliphatic rings. The topological polar surface area (TPSA) is 178 Å². The van der Waals surface area contributed by atoms with Crippen LogP contribution in [-0.2, 0) is 70.8 Å². The Morgan fingerprint density at radius 3 is 0.741 bits per heavy atom. The third-order valence-electron chi connectivity index (χ3n) is 28.3. The predicted molar refractivity (Wildman–Crippen MR) is 515 cm³/mol. The van der Waals surface area contributed by atoms with Gasteiger partial charge in [0.15, 0.2) is 44.1 Å². The average molecular weight is 1990 g/mol. The average Bonchev–Trinajstić information content (AvgIpc) is 0.729. The van der Waals surface area contributed by atoms with E-state index in [0.29, 0.717) is 94.3 Å². The van der Waals surface area contributed by atoms with Crippen LogP contribution in [0.5, 0.6) is 0 Å². The lowest BCUT2D eigenvalue weighted by molar-refractivity contribution is -0.341. The Labute approximate surface area is 818 Å². The van der Waals surface area contributed by atoms with E-state index in [2.05, 4.69) is 288 Å². The highest BCUT2D eigenvalue weighted by Crippen LogP contribution is 2.65. The molecule has 12 fully saturated rings. The van der Waals surface area contributed by atoms with Gasteiger partial charge >= 0.3 is 53.8 Å². The molecular formula is C112H131F12O12S3+3. The predicted octanol–water partition coefficient (Wildman–Crippen LogP) is 26.5. The summed E-state index contributed by atoms with van der Waals surface area (Å²) in [6, 6.07) is 85.8. The van der Waals surface area contributed by atoms with Crippen molar-refractivity contribution in [3.8, 4) is 0 Å². The summed E-state index contributed by atoms with van der Waals surface area (Å²) >= 11 is 0. The van der Waals surface area contributed by atoms with E-state index in [1.54, 1.807) is 0 Å². The molecule has 12 bridgehead atoms. The van der Waals surface area contributed by atoms with Gasteiger partial charge in [0, 0.05) is 40.0 Å². The molecule has 27 heteroatoms. The van der Waals surface area contributed by atoms with Crippen molar-refractivity contribution in [1.29, 1.82) is 0 Å². The Balaban J connectivity index is 0.000000141. The van der Waals surface area contributed by atoms with E-state index in [-0.39, 0.29) is 91.3 Å². The molecule has 7 unspecified atom stereocenters. The minimum absolute atomic E-state index is 0.0146. The summed E-state index contributed by atoms with van der Waals surface area (Å²) in [6.45, 7) is 11.0. The number of hydrogen-bond donors (Lipinski definition) is 4. The summed E-state index contributed by atoms with van der Waals surface area (Å²) in [5.41, 5.74) is 3.29. The summed E-state index contributed by atoms with van der Waals surface area (Å²) < 4.78 is 178. The van der Waals surface area contributed by atoms with Crippen LogP contribution in [0.2, 0.25) is 0 Å². The molecule has 0 saturated heterocycles. The van der Waals surface area contributed by atoms with Crippen LogP contribution in [0.15, 0.2) is 281 Å².